The fourth-order valence-corrected chi connectivity index (χ4v) is 8.89. The molecule has 4 atom stereocenters. The van der Waals surface area contributed by atoms with Gasteiger partial charge in [-0.1, -0.05) is 19.1 Å². The highest BCUT2D eigenvalue weighted by Gasteiger charge is 2.51. The van der Waals surface area contributed by atoms with Crippen molar-refractivity contribution in [3.05, 3.63) is 47.0 Å². The van der Waals surface area contributed by atoms with Gasteiger partial charge in [0.1, 0.15) is 40.4 Å². The summed E-state index contributed by atoms with van der Waals surface area (Å²) >= 11 is 0.791. The van der Waals surface area contributed by atoms with Gasteiger partial charge in [-0.25, -0.2) is 23.2 Å². The molecule has 55 heavy (non-hydrogen) atoms. The summed E-state index contributed by atoms with van der Waals surface area (Å²) in [6.45, 7) is 5.60. The van der Waals surface area contributed by atoms with Crippen LogP contribution in [0.2, 0.25) is 0 Å². The number of methoxy groups -OCH3 is 1. The van der Waals surface area contributed by atoms with Crippen LogP contribution in [0.15, 0.2) is 35.7 Å². The van der Waals surface area contributed by atoms with Crippen molar-refractivity contribution < 1.29 is 45.4 Å². The van der Waals surface area contributed by atoms with E-state index in [1.54, 1.807) is 50.9 Å². The van der Waals surface area contributed by atoms with E-state index in [2.05, 4.69) is 20.0 Å². The van der Waals surface area contributed by atoms with Gasteiger partial charge in [-0.3, -0.25) is 14.3 Å². The molecule has 3 aromatic rings. The van der Waals surface area contributed by atoms with Crippen LogP contribution in [-0.2, 0) is 25.8 Å². The van der Waals surface area contributed by atoms with Crippen molar-refractivity contribution >= 4 is 50.1 Å². The van der Waals surface area contributed by atoms with E-state index in [0.717, 1.165) is 23.1 Å². The number of carbonyl (C=O) groups is 3. The van der Waals surface area contributed by atoms with Crippen LogP contribution in [0.4, 0.5) is 18.0 Å². The molecule has 4 heterocycles. The number of amides is 4. The zero-order chi connectivity index (χ0) is 39.9. The number of halogens is 3. The van der Waals surface area contributed by atoms with Gasteiger partial charge in [-0.15, -0.1) is 11.3 Å². The van der Waals surface area contributed by atoms with Gasteiger partial charge >= 0.3 is 12.2 Å². The number of pyridine rings is 1. The Morgan fingerprint density at radius 3 is 2.55 bits per heavy atom. The second kappa shape index (κ2) is 15.6. The number of allylic oxidation sites excluding steroid dienone is 1. The summed E-state index contributed by atoms with van der Waals surface area (Å²) < 4.78 is 79.8. The third-order valence-electron chi connectivity index (χ3n) is 10.6. The number of urea groups is 1. The van der Waals surface area contributed by atoms with Crippen molar-refractivity contribution in [3.8, 4) is 22.2 Å². The van der Waals surface area contributed by atoms with E-state index in [1.165, 1.54) is 18.1 Å². The monoisotopic (exact) mass is 806 g/mol. The standard InChI is InChI=1S/C37H45F3N6O7S2/c1-21-10-8-6-7-9-16-45(4)35(49)46-17-13-23(18-26(46)32(47)43-30(21)33(48)44-55(50,51)36(3)14-15-36)53-28-19-25(34-42-29(20-54-34)37(38,39)40)41-31-22(2)27(52-5)12-11-24(28)31/h8,10-12,19-21,23,26,30H,6-7,9,13-18H2,1-5H3,(H,43,47)(H,44,48)/b10-8-/t21-,23-,26-,30+/m0/s1. The third kappa shape index (κ3) is 8.54. The number of ether oxygens (including phenoxy) is 2. The van der Waals surface area contributed by atoms with E-state index in [0.29, 0.717) is 60.9 Å². The van der Waals surface area contributed by atoms with E-state index in [9.17, 15) is 36.0 Å². The van der Waals surface area contributed by atoms with Gasteiger partial charge in [0.05, 0.1) is 17.4 Å². The number of fused-ring (bicyclic) bond motifs is 2. The number of aryl methyl sites for hydroxylation is 1. The van der Waals surface area contributed by atoms with Gasteiger partial charge in [0.2, 0.25) is 15.9 Å². The fourth-order valence-electron chi connectivity index (χ4n) is 6.82. The first-order chi connectivity index (χ1) is 25.9. The molecule has 4 amide bonds. The van der Waals surface area contributed by atoms with Crippen LogP contribution in [-0.4, -0.2) is 96.2 Å². The van der Waals surface area contributed by atoms with Gasteiger partial charge in [-0.2, -0.15) is 13.2 Å². The molecule has 1 aliphatic carbocycles. The molecule has 2 aromatic heterocycles. The number of piperidine rings is 1. The Labute approximate surface area is 321 Å². The lowest BCUT2D eigenvalue weighted by Gasteiger charge is -2.41. The summed E-state index contributed by atoms with van der Waals surface area (Å²) in [7, 11) is -0.860. The molecule has 6 rings (SSSR count). The van der Waals surface area contributed by atoms with Crippen molar-refractivity contribution in [1.29, 1.82) is 0 Å². The Balaban J connectivity index is 1.34. The van der Waals surface area contributed by atoms with Crippen molar-refractivity contribution in [3.63, 3.8) is 0 Å². The summed E-state index contributed by atoms with van der Waals surface area (Å²) in [6.07, 6.45) is 1.59. The lowest BCUT2D eigenvalue weighted by Crippen LogP contribution is -2.61. The number of hydrogen-bond donors (Lipinski definition) is 2. The second-order valence-corrected chi connectivity index (χ2v) is 17.8. The van der Waals surface area contributed by atoms with Gasteiger partial charge in [0.25, 0.3) is 5.91 Å². The lowest BCUT2D eigenvalue weighted by molar-refractivity contribution is -0.140. The number of hydrogen-bond acceptors (Lipinski definition) is 10. The minimum absolute atomic E-state index is 0.00982. The van der Waals surface area contributed by atoms with E-state index in [-0.39, 0.29) is 35.4 Å². The molecule has 298 valence electrons. The predicted molar refractivity (Wildman–Crippen MR) is 200 cm³/mol. The van der Waals surface area contributed by atoms with Gasteiger partial charge in [0, 0.05) is 61.3 Å². The molecule has 1 saturated heterocycles. The molecule has 0 bridgehead atoms. The van der Waals surface area contributed by atoms with Crippen LogP contribution in [0.3, 0.4) is 0 Å². The molecule has 3 aliphatic rings. The maximum Gasteiger partial charge on any atom is 0.434 e. The first-order valence-electron chi connectivity index (χ1n) is 18.2. The average molecular weight is 807 g/mol. The van der Waals surface area contributed by atoms with Crippen molar-refractivity contribution in [1.82, 2.24) is 29.8 Å². The molecule has 18 heteroatoms. The zero-order valence-corrected chi connectivity index (χ0v) is 32.9. The smallest absolute Gasteiger partial charge is 0.434 e. The van der Waals surface area contributed by atoms with Crippen LogP contribution in [0.5, 0.6) is 11.5 Å². The molecule has 0 spiro atoms. The molecule has 1 aromatic carbocycles. The highest BCUT2D eigenvalue weighted by atomic mass is 32.2. The highest BCUT2D eigenvalue weighted by molar-refractivity contribution is 7.91. The number of benzene rings is 1. The Morgan fingerprint density at radius 2 is 1.87 bits per heavy atom. The molecule has 13 nitrogen and oxygen atoms in total. The average Bonchev–Trinajstić information content (AvgIpc) is 3.69. The maximum atomic E-state index is 14.3. The van der Waals surface area contributed by atoms with E-state index in [4.69, 9.17) is 9.47 Å². The summed E-state index contributed by atoms with van der Waals surface area (Å²) in [6, 6.07) is 2.19. The van der Waals surface area contributed by atoms with E-state index >= 15 is 0 Å². The van der Waals surface area contributed by atoms with Crippen LogP contribution in [0.25, 0.3) is 21.6 Å². The molecule has 2 aliphatic heterocycles. The van der Waals surface area contributed by atoms with Crippen molar-refractivity contribution in [2.24, 2.45) is 5.92 Å². The molecule has 2 fully saturated rings. The number of rotatable bonds is 7. The topological polar surface area (TPSA) is 160 Å². The number of aromatic nitrogens is 2. The van der Waals surface area contributed by atoms with E-state index in [1.807, 2.05) is 6.08 Å². The summed E-state index contributed by atoms with van der Waals surface area (Å²) in [5, 5.41) is 4.27. The SMILES string of the molecule is COc1ccc2c(O[C@H]3CCN4C(=O)N(C)CCCC/C=C\[C@H](C)[C@H](C(=O)NS(=O)(=O)C5(C)CC5)NC(=O)[C@@H]4C3)cc(-c3nc(C(F)(F)F)cs3)nc2c1C. The first kappa shape index (κ1) is 40.2. The minimum atomic E-state index is -4.65. The van der Waals surface area contributed by atoms with Crippen LogP contribution in [0, 0.1) is 12.8 Å². The van der Waals surface area contributed by atoms with Crippen LogP contribution >= 0.6 is 11.3 Å². The first-order valence-corrected chi connectivity index (χ1v) is 20.5. The molecular formula is C37H45F3N6O7S2. The number of carbonyl (C=O) groups excluding carboxylic acids is 3. The molecule has 1 saturated carbocycles. The lowest BCUT2D eigenvalue weighted by atomic mass is 9.95. The summed E-state index contributed by atoms with van der Waals surface area (Å²) in [5.74, 6) is -1.34. The van der Waals surface area contributed by atoms with Crippen molar-refractivity contribution in [2.45, 2.75) is 94.8 Å². The Kier molecular flexibility index (Phi) is 11.4. The number of nitrogens with zero attached hydrogens (tertiary/aromatic N) is 4. The Hall–Kier alpha value is -4.45. The Bertz CT molecular complexity index is 2100. The third-order valence-corrected chi connectivity index (χ3v) is 13.6. The molecule has 0 radical (unpaired) electrons. The largest absolute Gasteiger partial charge is 0.496 e. The normalized spacial score (nSPS) is 24.4. The van der Waals surface area contributed by atoms with E-state index < -0.39 is 62.6 Å². The zero-order valence-electron chi connectivity index (χ0n) is 31.2. The number of nitrogens with one attached hydrogen (secondary N) is 2. The quantitative estimate of drug-likeness (QED) is 0.281. The predicted octanol–water partition coefficient (Wildman–Crippen LogP) is 5.82. The fraction of sp³-hybridized carbons (Fsp3) is 0.541. The van der Waals surface area contributed by atoms with Crippen molar-refractivity contribution in [2.75, 3.05) is 27.2 Å². The number of alkyl halides is 3. The van der Waals surface area contributed by atoms with Gasteiger partial charge in [0.15, 0.2) is 5.69 Å². The molecule has 0 unspecified atom stereocenters. The second-order valence-electron chi connectivity index (χ2n) is 14.7. The van der Waals surface area contributed by atoms with Gasteiger partial charge < -0.3 is 24.6 Å². The molecular weight excluding hydrogens is 762 g/mol. The molecule has 2 N–H and O–H groups in total. The van der Waals surface area contributed by atoms with Crippen LogP contribution < -0.4 is 19.5 Å². The highest BCUT2D eigenvalue weighted by Crippen LogP contribution is 2.42. The van der Waals surface area contributed by atoms with Crippen LogP contribution in [0.1, 0.15) is 70.1 Å². The minimum Gasteiger partial charge on any atom is -0.496 e. The number of thiazole rings is 1. The summed E-state index contributed by atoms with van der Waals surface area (Å²) in [4.78, 5) is 53.2. The van der Waals surface area contributed by atoms with Gasteiger partial charge in [-0.05, 0) is 58.1 Å². The summed E-state index contributed by atoms with van der Waals surface area (Å²) in [5.41, 5.74) is 0.150. The maximum absolute atomic E-state index is 14.3. The Morgan fingerprint density at radius 1 is 1.13 bits per heavy atom. The number of sulfonamides is 1.